The fraction of sp³-hybridized carbons (Fsp3) is 0. The highest BCUT2D eigenvalue weighted by Crippen LogP contribution is 2.43. The Morgan fingerprint density at radius 2 is 0.817 bits per heavy atom. The third kappa shape index (κ3) is 5.25. The van der Waals surface area contributed by atoms with Crippen molar-refractivity contribution in [3.63, 3.8) is 0 Å². The molecule has 2 nitrogen and oxygen atoms in total. The first-order chi connectivity index (χ1) is 29.8. The molecule has 0 unspecified atom stereocenters. The average Bonchev–Trinajstić information content (AvgIpc) is 3.97. The molecular weight excluding hydrogens is 761 g/mol. The van der Waals surface area contributed by atoms with E-state index in [1.807, 2.05) is 11.3 Å². The van der Waals surface area contributed by atoms with Crippen LogP contribution in [-0.4, -0.2) is 17.2 Å². The molecule has 0 aliphatic heterocycles. The predicted molar refractivity (Wildman–Crippen MR) is 260 cm³/mol. The zero-order valence-electron chi connectivity index (χ0n) is 32.7. The monoisotopic (exact) mass is 798 g/mol. The number of hydrogen-bond acceptors (Lipinski definition) is 1. The van der Waals surface area contributed by atoms with Gasteiger partial charge in [-0.3, -0.25) is 0 Å². The molecule has 0 N–H and O–H groups in total. The standard InChI is InChI=1S/C56H38N2SSi/c1-5-17-41(18-6-1)58-52-28-16-14-26-48(52)55-50-37-40(31-36-54(50)59-56(55)58)39-29-32-42(33-30-39)57-51-27-15-13-25-47(51)49-38-46(34-35-53(49)57)60(43-19-7-2-8-20-43,44-21-9-3-10-22-44)45-23-11-4-12-24-45/h1-38H. The van der Waals surface area contributed by atoms with Gasteiger partial charge in [-0.25, -0.2) is 0 Å². The number of fused-ring (bicyclic) bond motifs is 8. The molecule has 0 aliphatic rings. The predicted octanol–water partition coefficient (Wildman–Crippen LogP) is 12.1. The molecule has 0 saturated carbocycles. The van der Waals surface area contributed by atoms with E-state index < -0.39 is 8.07 Å². The van der Waals surface area contributed by atoms with E-state index in [2.05, 4.69) is 240 Å². The summed E-state index contributed by atoms with van der Waals surface area (Å²) in [6.07, 6.45) is 0. The van der Waals surface area contributed by atoms with Crippen LogP contribution in [0.5, 0.6) is 0 Å². The largest absolute Gasteiger partial charge is 0.309 e. The Morgan fingerprint density at radius 3 is 1.45 bits per heavy atom. The Morgan fingerprint density at radius 1 is 0.317 bits per heavy atom. The molecule has 0 atom stereocenters. The van der Waals surface area contributed by atoms with Crippen molar-refractivity contribution in [3.05, 3.63) is 231 Å². The van der Waals surface area contributed by atoms with E-state index in [4.69, 9.17) is 0 Å². The van der Waals surface area contributed by atoms with Gasteiger partial charge in [0.1, 0.15) is 4.83 Å². The van der Waals surface area contributed by atoms with Crippen LogP contribution in [0.2, 0.25) is 0 Å². The molecule has 3 heterocycles. The molecule has 0 aliphatic carbocycles. The summed E-state index contributed by atoms with van der Waals surface area (Å²) in [6.45, 7) is 0. The minimum Gasteiger partial charge on any atom is -0.309 e. The summed E-state index contributed by atoms with van der Waals surface area (Å²) in [4.78, 5) is 1.29. The summed E-state index contributed by atoms with van der Waals surface area (Å²) >= 11 is 1.88. The van der Waals surface area contributed by atoms with E-state index in [1.165, 1.54) is 90.6 Å². The van der Waals surface area contributed by atoms with E-state index in [0.717, 1.165) is 5.69 Å². The van der Waals surface area contributed by atoms with Gasteiger partial charge in [-0.05, 0) is 86.5 Å². The topological polar surface area (TPSA) is 9.86 Å². The van der Waals surface area contributed by atoms with Crippen molar-refractivity contribution in [2.24, 2.45) is 0 Å². The summed E-state index contributed by atoms with van der Waals surface area (Å²) in [5, 5.41) is 12.0. The molecule has 60 heavy (non-hydrogen) atoms. The number of benzene rings is 9. The Bertz CT molecular complexity index is 3420. The Labute approximate surface area is 353 Å². The highest BCUT2D eigenvalue weighted by molar-refractivity contribution is 7.25. The molecule has 0 bridgehead atoms. The average molecular weight is 799 g/mol. The van der Waals surface area contributed by atoms with E-state index in [0.29, 0.717) is 0 Å². The summed E-state index contributed by atoms with van der Waals surface area (Å²) in [7, 11) is -2.69. The fourth-order valence-corrected chi connectivity index (χ4v) is 15.9. The van der Waals surface area contributed by atoms with Gasteiger partial charge < -0.3 is 9.13 Å². The van der Waals surface area contributed by atoms with Crippen LogP contribution in [0.1, 0.15) is 0 Å². The van der Waals surface area contributed by atoms with Crippen molar-refractivity contribution < 1.29 is 0 Å². The lowest BCUT2D eigenvalue weighted by Crippen LogP contribution is -2.74. The Balaban J connectivity index is 1.00. The number of aromatic nitrogens is 2. The van der Waals surface area contributed by atoms with Crippen molar-refractivity contribution in [3.8, 4) is 22.5 Å². The van der Waals surface area contributed by atoms with Gasteiger partial charge in [0, 0.05) is 43.0 Å². The minimum absolute atomic E-state index is 1.15. The molecule has 4 heteroatoms. The minimum atomic E-state index is -2.69. The van der Waals surface area contributed by atoms with Crippen LogP contribution in [0.3, 0.4) is 0 Å². The second-order valence-corrected chi connectivity index (χ2v) is 20.5. The number of thiophene rings is 1. The number of para-hydroxylation sites is 3. The number of hydrogen-bond donors (Lipinski definition) is 0. The van der Waals surface area contributed by atoms with Crippen LogP contribution in [0.25, 0.3) is 75.5 Å². The van der Waals surface area contributed by atoms with Gasteiger partial charge in [-0.1, -0.05) is 176 Å². The van der Waals surface area contributed by atoms with Crippen LogP contribution >= 0.6 is 11.3 Å². The first-order valence-electron chi connectivity index (χ1n) is 20.6. The van der Waals surface area contributed by atoms with Gasteiger partial charge in [0.15, 0.2) is 8.07 Å². The maximum Gasteiger partial charge on any atom is 0.179 e. The first-order valence-corrected chi connectivity index (χ1v) is 23.4. The van der Waals surface area contributed by atoms with Crippen LogP contribution in [0.15, 0.2) is 231 Å². The van der Waals surface area contributed by atoms with E-state index in [-0.39, 0.29) is 0 Å². The second kappa shape index (κ2) is 14.0. The molecule has 282 valence electrons. The smallest absolute Gasteiger partial charge is 0.179 e. The van der Waals surface area contributed by atoms with Crippen LogP contribution in [-0.2, 0) is 0 Å². The van der Waals surface area contributed by atoms with Crippen molar-refractivity contribution in [1.29, 1.82) is 0 Å². The molecule has 0 amide bonds. The summed E-state index contributed by atoms with van der Waals surface area (Å²) in [5.41, 5.74) is 8.44. The lowest BCUT2D eigenvalue weighted by Gasteiger charge is -2.34. The van der Waals surface area contributed by atoms with Crippen molar-refractivity contribution in [1.82, 2.24) is 9.13 Å². The van der Waals surface area contributed by atoms with Gasteiger partial charge in [0.25, 0.3) is 0 Å². The van der Waals surface area contributed by atoms with Gasteiger partial charge in [-0.2, -0.15) is 0 Å². The van der Waals surface area contributed by atoms with Gasteiger partial charge in [-0.15, -0.1) is 11.3 Å². The number of rotatable bonds is 7. The summed E-state index contributed by atoms with van der Waals surface area (Å²) in [6, 6.07) is 85.5. The van der Waals surface area contributed by atoms with E-state index in [9.17, 15) is 0 Å². The summed E-state index contributed by atoms with van der Waals surface area (Å²) < 4.78 is 6.17. The van der Waals surface area contributed by atoms with Crippen LogP contribution in [0, 0.1) is 0 Å². The maximum absolute atomic E-state index is 2.69. The zero-order valence-corrected chi connectivity index (χ0v) is 34.6. The van der Waals surface area contributed by atoms with Gasteiger partial charge in [0.2, 0.25) is 0 Å². The lowest BCUT2D eigenvalue weighted by atomic mass is 10.0. The number of nitrogens with zero attached hydrogens (tertiary/aromatic N) is 2. The Kier molecular flexibility index (Phi) is 8.08. The van der Waals surface area contributed by atoms with Crippen molar-refractivity contribution >= 4 is 93.2 Å². The normalized spacial score (nSPS) is 12.0. The van der Waals surface area contributed by atoms with Crippen LogP contribution in [0.4, 0.5) is 0 Å². The fourth-order valence-electron chi connectivity index (χ4n) is 9.86. The Hall–Kier alpha value is -7.24. The highest BCUT2D eigenvalue weighted by atomic mass is 32.1. The molecule has 0 saturated heterocycles. The SMILES string of the molecule is c1ccc(-n2c3ccccc3c3c4cc(-c5ccc(-n6c7ccccc7c7cc([Si](c8ccccc8)(c8ccccc8)c8ccccc8)ccc76)cc5)ccc4sc32)cc1. The van der Waals surface area contributed by atoms with Gasteiger partial charge >= 0.3 is 0 Å². The highest BCUT2D eigenvalue weighted by Gasteiger charge is 2.41. The second-order valence-electron chi connectivity index (χ2n) is 15.7. The lowest BCUT2D eigenvalue weighted by molar-refractivity contribution is 1.18. The molecular formula is C56H38N2SSi. The van der Waals surface area contributed by atoms with Crippen LogP contribution < -0.4 is 20.7 Å². The van der Waals surface area contributed by atoms with Crippen molar-refractivity contribution in [2.45, 2.75) is 0 Å². The third-order valence-electron chi connectivity index (χ3n) is 12.5. The molecule has 3 aromatic heterocycles. The molecule has 0 spiro atoms. The maximum atomic E-state index is 2.51. The molecule has 12 aromatic rings. The van der Waals surface area contributed by atoms with E-state index in [1.54, 1.807) is 0 Å². The summed E-state index contributed by atoms with van der Waals surface area (Å²) in [5.74, 6) is 0. The molecule has 0 radical (unpaired) electrons. The molecule has 12 rings (SSSR count). The van der Waals surface area contributed by atoms with Gasteiger partial charge in [0.05, 0.1) is 16.6 Å². The first kappa shape index (κ1) is 34.8. The quantitative estimate of drug-likeness (QED) is 0.112. The zero-order chi connectivity index (χ0) is 39.6. The molecule has 9 aromatic carbocycles. The van der Waals surface area contributed by atoms with Crippen molar-refractivity contribution in [2.75, 3.05) is 0 Å². The van der Waals surface area contributed by atoms with E-state index >= 15 is 0 Å². The third-order valence-corrected chi connectivity index (χ3v) is 18.4. The molecule has 0 fully saturated rings.